The number of halogens is 1. The number of hydrogen-bond acceptors (Lipinski definition) is 2. The Balaban J connectivity index is 3.30. The molecule has 0 saturated carbocycles. The Bertz CT molecular complexity index is 154. The van der Waals surface area contributed by atoms with Crippen molar-refractivity contribution in [3.63, 3.8) is 0 Å². The molecule has 0 aromatic carbocycles. The zero-order valence-electron chi connectivity index (χ0n) is 5.22. The van der Waals surface area contributed by atoms with E-state index < -0.39 is 16.7 Å². The lowest BCUT2D eigenvalue weighted by Crippen LogP contribution is -2.23. The summed E-state index contributed by atoms with van der Waals surface area (Å²) in [5.41, 5.74) is 0. The minimum absolute atomic E-state index is 0.190. The summed E-state index contributed by atoms with van der Waals surface area (Å²) >= 11 is 0. The van der Waals surface area contributed by atoms with Crippen LogP contribution in [0, 0.1) is 0 Å². The monoisotopic (exact) mass is 155 g/mol. The van der Waals surface area contributed by atoms with E-state index in [0.717, 1.165) is 6.26 Å². The van der Waals surface area contributed by atoms with Crippen molar-refractivity contribution in [3.05, 3.63) is 0 Å². The van der Waals surface area contributed by atoms with E-state index in [0.29, 0.717) is 0 Å². The van der Waals surface area contributed by atoms with Crippen LogP contribution < -0.4 is 4.72 Å². The number of sulfonamides is 1. The molecule has 0 atom stereocenters. The molecule has 0 saturated heterocycles. The van der Waals surface area contributed by atoms with Gasteiger partial charge in [-0.3, -0.25) is 4.39 Å². The first-order valence-corrected chi connectivity index (χ1v) is 4.46. The predicted octanol–water partition coefficient (Wildman–Crippen LogP) is -0.105. The Morgan fingerprint density at radius 3 is 2.44 bits per heavy atom. The van der Waals surface area contributed by atoms with Crippen LogP contribution >= 0.6 is 0 Å². The number of hydrogen-bond donors (Lipinski definition) is 1. The fourth-order valence-corrected chi connectivity index (χ4v) is 0.840. The molecule has 0 bridgehead atoms. The van der Waals surface area contributed by atoms with Crippen molar-refractivity contribution in [2.75, 3.05) is 19.5 Å². The molecule has 56 valence electrons. The molecule has 1 N–H and O–H groups in total. The molecule has 0 unspecified atom stereocenters. The van der Waals surface area contributed by atoms with Crippen LogP contribution in [0.15, 0.2) is 0 Å². The van der Waals surface area contributed by atoms with E-state index in [-0.39, 0.29) is 13.0 Å². The largest absolute Gasteiger partial charge is 0.251 e. The van der Waals surface area contributed by atoms with Gasteiger partial charge >= 0.3 is 0 Å². The second-order valence-corrected chi connectivity index (χ2v) is 3.54. The molecule has 0 amide bonds. The molecule has 0 fully saturated rings. The highest BCUT2D eigenvalue weighted by Gasteiger charge is 1.96. The van der Waals surface area contributed by atoms with Crippen LogP contribution in [0.5, 0.6) is 0 Å². The van der Waals surface area contributed by atoms with E-state index in [1.165, 1.54) is 0 Å². The third kappa shape index (κ3) is 7.84. The molecule has 0 aliphatic rings. The Hall–Kier alpha value is -0.160. The van der Waals surface area contributed by atoms with Gasteiger partial charge in [0.1, 0.15) is 0 Å². The van der Waals surface area contributed by atoms with Gasteiger partial charge in [-0.05, 0) is 6.42 Å². The molecule has 0 aliphatic heterocycles. The summed E-state index contributed by atoms with van der Waals surface area (Å²) in [6, 6.07) is 0. The van der Waals surface area contributed by atoms with Crippen LogP contribution in [-0.4, -0.2) is 27.9 Å². The second kappa shape index (κ2) is 3.79. The highest BCUT2D eigenvalue weighted by molar-refractivity contribution is 7.88. The van der Waals surface area contributed by atoms with Gasteiger partial charge in [0, 0.05) is 6.54 Å². The molecular weight excluding hydrogens is 145 g/mol. The zero-order chi connectivity index (χ0) is 7.33. The minimum atomic E-state index is -3.11. The Morgan fingerprint density at radius 1 is 1.56 bits per heavy atom. The average molecular weight is 155 g/mol. The van der Waals surface area contributed by atoms with Gasteiger partial charge < -0.3 is 0 Å². The van der Waals surface area contributed by atoms with Crippen LogP contribution in [0.4, 0.5) is 4.39 Å². The Labute approximate surface area is 54.3 Å². The van der Waals surface area contributed by atoms with Gasteiger partial charge in [-0.25, -0.2) is 13.1 Å². The van der Waals surface area contributed by atoms with Crippen molar-refractivity contribution in [2.24, 2.45) is 0 Å². The predicted molar refractivity (Wildman–Crippen MR) is 33.4 cm³/mol. The fourth-order valence-electron chi connectivity index (χ4n) is 0.324. The number of nitrogens with one attached hydrogen (secondary N) is 1. The van der Waals surface area contributed by atoms with E-state index in [4.69, 9.17) is 0 Å². The van der Waals surface area contributed by atoms with Crippen molar-refractivity contribution >= 4 is 10.0 Å². The quantitative estimate of drug-likeness (QED) is 0.576. The maximum atomic E-state index is 11.3. The lowest BCUT2D eigenvalue weighted by molar-refractivity contribution is 0.470. The number of rotatable bonds is 4. The van der Waals surface area contributed by atoms with Gasteiger partial charge in [0.05, 0.1) is 12.9 Å². The highest BCUT2D eigenvalue weighted by atomic mass is 32.2. The first kappa shape index (κ1) is 8.84. The van der Waals surface area contributed by atoms with Gasteiger partial charge in [0.15, 0.2) is 0 Å². The van der Waals surface area contributed by atoms with Crippen LogP contribution in [0.3, 0.4) is 0 Å². The topological polar surface area (TPSA) is 46.2 Å². The summed E-state index contributed by atoms with van der Waals surface area (Å²) in [5, 5.41) is 0. The maximum absolute atomic E-state index is 11.3. The maximum Gasteiger partial charge on any atom is 0.208 e. The van der Waals surface area contributed by atoms with E-state index in [9.17, 15) is 12.8 Å². The summed E-state index contributed by atoms with van der Waals surface area (Å²) in [6.07, 6.45) is 1.29. The van der Waals surface area contributed by atoms with E-state index in [2.05, 4.69) is 4.72 Å². The molecule has 0 aromatic heterocycles. The zero-order valence-corrected chi connectivity index (χ0v) is 6.04. The average Bonchev–Trinajstić information content (AvgIpc) is 1.63. The summed E-state index contributed by atoms with van der Waals surface area (Å²) in [5.74, 6) is 0. The summed E-state index contributed by atoms with van der Waals surface area (Å²) < 4.78 is 34.0. The van der Waals surface area contributed by atoms with Crippen molar-refractivity contribution in [3.8, 4) is 0 Å². The minimum Gasteiger partial charge on any atom is -0.251 e. The third-order valence-corrected chi connectivity index (χ3v) is 1.40. The molecule has 0 spiro atoms. The van der Waals surface area contributed by atoms with Crippen LogP contribution in [0.1, 0.15) is 6.42 Å². The smallest absolute Gasteiger partial charge is 0.208 e. The van der Waals surface area contributed by atoms with Gasteiger partial charge in [0.2, 0.25) is 10.0 Å². The standard InChI is InChI=1S/C4H10FNO2S/c1-9(7,8)6-4-2-3-5/h6H,2-4H2,1H3. The molecule has 0 heterocycles. The Morgan fingerprint density at radius 2 is 2.11 bits per heavy atom. The van der Waals surface area contributed by atoms with E-state index >= 15 is 0 Å². The van der Waals surface area contributed by atoms with Crippen LogP contribution in [-0.2, 0) is 10.0 Å². The third-order valence-electron chi connectivity index (χ3n) is 0.675. The molecule has 0 radical (unpaired) electrons. The molecule has 3 nitrogen and oxygen atoms in total. The van der Waals surface area contributed by atoms with E-state index in [1.807, 2.05) is 0 Å². The molecule has 0 aromatic rings. The van der Waals surface area contributed by atoms with Crippen molar-refractivity contribution in [1.82, 2.24) is 4.72 Å². The van der Waals surface area contributed by atoms with Gasteiger partial charge in [-0.1, -0.05) is 0 Å². The number of alkyl halides is 1. The van der Waals surface area contributed by atoms with Crippen molar-refractivity contribution in [2.45, 2.75) is 6.42 Å². The molecule has 0 aliphatic carbocycles. The van der Waals surface area contributed by atoms with Gasteiger partial charge in [-0.15, -0.1) is 0 Å². The normalized spacial score (nSPS) is 11.8. The van der Waals surface area contributed by atoms with Crippen molar-refractivity contribution in [1.29, 1.82) is 0 Å². The molecule has 5 heteroatoms. The summed E-state index contributed by atoms with van der Waals surface area (Å²) in [4.78, 5) is 0. The van der Waals surface area contributed by atoms with E-state index in [1.54, 1.807) is 0 Å². The van der Waals surface area contributed by atoms with Gasteiger partial charge in [-0.2, -0.15) is 0 Å². The first-order valence-electron chi connectivity index (χ1n) is 2.57. The molecule has 0 rings (SSSR count). The SMILES string of the molecule is CS(=O)(=O)NCCCF. The Kier molecular flexibility index (Phi) is 3.72. The summed E-state index contributed by atoms with van der Waals surface area (Å²) in [7, 11) is -3.11. The van der Waals surface area contributed by atoms with Crippen LogP contribution in [0.2, 0.25) is 0 Å². The van der Waals surface area contributed by atoms with Crippen LogP contribution in [0.25, 0.3) is 0 Å². The molecular formula is C4H10FNO2S. The summed E-state index contributed by atoms with van der Waals surface area (Å²) in [6.45, 7) is -0.294. The fraction of sp³-hybridized carbons (Fsp3) is 1.00. The second-order valence-electron chi connectivity index (χ2n) is 1.71. The molecule has 9 heavy (non-hydrogen) atoms. The lowest BCUT2D eigenvalue weighted by atomic mass is 10.5. The van der Waals surface area contributed by atoms with Gasteiger partial charge in [0.25, 0.3) is 0 Å². The first-order chi connectivity index (χ1) is 4.06. The lowest BCUT2D eigenvalue weighted by Gasteiger charge is -1.96. The highest BCUT2D eigenvalue weighted by Crippen LogP contribution is 1.79. The van der Waals surface area contributed by atoms with Crippen molar-refractivity contribution < 1.29 is 12.8 Å².